The molecule has 1 aliphatic rings. The van der Waals surface area contributed by atoms with Crippen LogP contribution in [0.15, 0.2) is 21.9 Å². The number of aromatic nitrogens is 2. The smallest absolute Gasteiger partial charge is 0.191 e. The van der Waals surface area contributed by atoms with Crippen molar-refractivity contribution in [2.45, 2.75) is 32.7 Å². The maximum Gasteiger partial charge on any atom is 0.191 e. The number of nitrogens with zero attached hydrogens (tertiary/aromatic N) is 5. The van der Waals surface area contributed by atoms with Crippen LogP contribution in [0.25, 0.3) is 0 Å². The second-order valence-corrected chi connectivity index (χ2v) is 8.66. The summed E-state index contributed by atoms with van der Waals surface area (Å²) < 4.78 is 0. The predicted molar refractivity (Wildman–Crippen MR) is 117 cm³/mol. The number of guanidine groups is 1. The van der Waals surface area contributed by atoms with Gasteiger partial charge in [0, 0.05) is 48.6 Å². The summed E-state index contributed by atoms with van der Waals surface area (Å²) in [6.07, 6.45) is 1.85. The van der Waals surface area contributed by atoms with Crippen LogP contribution in [0.4, 0.5) is 5.13 Å². The van der Waals surface area contributed by atoms with Gasteiger partial charge in [0.25, 0.3) is 0 Å². The molecule has 0 amide bonds. The molecule has 0 unspecified atom stereocenters. The molecule has 1 fully saturated rings. The lowest BCUT2D eigenvalue weighted by Gasteiger charge is -2.35. The number of anilines is 1. The van der Waals surface area contributed by atoms with Crippen molar-refractivity contribution in [3.05, 3.63) is 27.7 Å². The van der Waals surface area contributed by atoms with E-state index in [0.29, 0.717) is 12.5 Å². The van der Waals surface area contributed by atoms with Crippen molar-refractivity contribution in [3.8, 4) is 0 Å². The van der Waals surface area contributed by atoms with Crippen molar-refractivity contribution in [1.29, 1.82) is 0 Å². The fraction of sp³-hybridized carbons (Fsp3) is 0.562. The third kappa shape index (κ3) is 5.27. The maximum absolute atomic E-state index is 6.17. The number of thiazole rings is 2. The minimum atomic E-state index is 0. The number of piperazine rings is 1. The quantitative estimate of drug-likeness (QED) is 0.405. The van der Waals surface area contributed by atoms with Crippen LogP contribution in [0.1, 0.15) is 31.5 Å². The largest absolute Gasteiger partial charge is 0.370 e. The Morgan fingerprint density at radius 3 is 2.52 bits per heavy atom. The lowest BCUT2D eigenvalue weighted by Crippen LogP contribution is -2.51. The fourth-order valence-electron chi connectivity index (χ4n) is 2.48. The first-order valence-electron chi connectivity index (χ1n) is 8.07. The van der Waals surface area contributed by atoms with Crippen LogP contribution in [-0.4, -0.2) is 47.0 Å². The second-order valence-electron chi connectivity index (χ2n) is 6.84. The molecule has 2 N–H and O–H groups in total. The first-order chi connectivity index (χ1) is 11.4. The second kappa shape index (κ2) is 8.63. The molecule has 1 saturated heterocycles. The van der Waals surface area contributed by atoms with Crippen molar-refractivity contribution in [2.24, 2.45) is 10.7 Å². The van der Waals surface area contributed by atoms with Gasteiger partial charge in [0.1, 0.15) is 5.01 Å². The van der Waals surface area contributed by atoms with Crippen LogP contribution in [0.5, 0.6) is 0 Å². The SMILES string of the molecule is CC(C)(C)c1csc(CN=C(N)N2CCN(c3nccs3)CC2)n1.I. The zero-order chi connectivity index (χ0) is 17.2. The number of aliphatic imine (C=N–C) groups is 1. The molecule has 0 atom stereocenters. The van der Waals surface area contributed by atoms with E-state index in [-0.39, 0.29) is 29.4 Å². The predicted octanol–water partition coefficient (Wildman–Crippen LogP) is 3.15. The Morgan fingerprint density at radius 1 is 1.24 bits per heavy atom. The fourth-order valence-corrected chi connectivity index (χ4v) is 4.12. The van der Waals surface area contributed by atoms with Gasteiger partial charge in [-0.25, -0.2) is 15.0 Å². The summed E-state index contributed by atoms with van der Waals surface area (Å²) in [4.78, 5) is 18.0. The number of hydrogen-bond acceptors (Lipinski definition) is 6. The van der Waals surface area contributed by atoms with Gasteiger partial charge in [-0.2, -0.15) is 0 Å². The van der Waals surface area contributed by atoms with Crippen LogP contribution in [0.3, 0.4) is 0 Å². The monoisotopic (exact) mass is 492 g/mol. The highest BCUT2D eigenvalue weighted by Crippen LogP contribution is 2.24. The van der Waals surface area contributed by atoms with Gasteiger partial charge >= 0.3 is 0 Å². The third-order valence-electron chi connectivity index (χ3n) is 3.99. The minimum absolute atomic E-state index is 0. The van der Waals surface area contributed by atoms with E-state index in [9.17, 15) is 0 Å². The molecule has 1 aliphatic heterocycles. The molecule has 6 nitrogen and oxygen atoms in total. The Kier molecular flexibility index (Phi) is 7.03. The van der Waals surface area contributed by atoms with Crippen molar-refractivity contribution in [2.75, 3.05) is 31.1 Å². The molecule has 3 rings (SSSR count). The first kappa shape index (κ1) is 20.4. The number of halogens is 1. The van der Waals surface area contributed by atoms with Gasteiger partial charge in [0.15, 0.2) is 11.1 Å². The zero-order valence-electron chi connectivity index (χ0n) is 14.8. The van der Waals surface area contributed by atoms with E-state index in [1.807, 2.05) is 11.6 Å². The summed E-state index contributed by atoms with van der Waals surface area (Å²) in [7, 11) is 0. The average Bonchev–Trinajstić information content (AvgIpc) is 3.23. The van der Waals surface area contributed by atoms with Crippen LogP contribution in [0, 0.1) is 0 Å². The van der Waals surface area contributed by atoms with Gasteiger partial charge in [0.05, 0.1) is 12.2 Å². The van der Waals surface area contributed by atoms with E-state index in [1.165, 1.54) is 0 Å². The molecule has 2 aromatic rings. The van der Waals surface area contributed by atoms with Gasteiger partial charge in [-0.05, 0) is 0 Å². The van der Waals surface area contributed by atoms with Crippen molar-refractivity contribution >= 4 is 57.7 Å². The lowest BCUT2D eigenvalue weighted by atomic mass is 9.93. The van der Waals surface area contributed by atoms with Crippen molar-refractivity contribution in [1.82, 2.24) is 14.9 Å². The Morgan fingerprint density at radius 2 is 1.96 bits per heavy atom. The third-order valence-corrected chi connectivity index (χ3v) is 5.66. The van der Waals surface area contributed by atoms with Gasteiger partial charge in [-0.15, -0.1) is 46.7 Å². The van der Waals surface area contributed by atoms with Gasteiger partial charge in [-0.1, -0.05) is 20.8 Å². The standard InChI is InChI=1S/C16H24N6S2.HI/c1-16(2,3)12-11-24-13(20-12)10-19-14(17)21-5-7-22(8-6-21)15-18-4-9-23-15;/h4,9,11H,5-8,10H2,1-3H3,(H2,17,19);1H. The van der Waals surface area contributed by atoms with Gasteiger partial charge < -0.3 is 15.5 Å². The normalized spacial score (nSPS) is 16.0. The molecule has 0 radical (unpaired) electrons. The van der Waals surface area contributed by atoms with E-state index >= 15 is 0 Å². The summed E-state index contributed by atoms with van der Waals surface area (Å²) in [6.45, 7) is 10.7. The first-order valence-corrected chi connectivity index (χ1v) is 9.83. The molecule has 138 valence electrons. The highest BCUT2D eigenvalue weighted by Gasteiger charge is 2.20. The highest BCUT2D eigenvalue weighted by atomic mass is 127. The van der Waals surface area contributed by atoms with Crippen molar-refractivity contribution in [3.63, 3.8) is 0 Å². The number of nitrogens with two attached hydrogens (primary N) is 1. The average molecular weight is 492 g/mol. The number of rotatable bonds is 3. The van der Waals surface area contributed by atoms with E-state index in [4.69, 9.17) is 5.73 Å². The van der Waals surface area contributed by atoms with Crippen LogP contribution in [0.2, 0.25) is 0 Å². The Bertz CT molecular complexity index is 684. The maximum atomic E-state index is 6.17. The molecule has 9 heteroatoms. The van der Waals surface area contributed by atoms with Crippen LogP contribution in [-0.2, 0) is 12.0 Å². The van der Waals surface area contributed by atoms with Crippen LogP contribution >= 0.6 is 46.7 Å². The molecule has 2 aromatic heterocycles. The Hall–Kier alpha value is -0.940. The van der Waals surface area contributed by atoms with E-state index in [2.05, 4.69) is 50.9 Å². The molecule has 25 heavy (non-hydrogen) atoms. The van der Waals surface area contributed by atoms with E-state index in [0.717, 1.165) is 42.0 Å². The zero-order valence-corrected chi connectivity index (χ0v) is 18.8. The Balaban J connectivity index is 0.00000225. The summed E-state index contributed by atoms with van der Waals surface area (Å²) in [5, 5.41) is 6.23. The van der Waals surface area contributed by atoms with E-state index < -0.39 is 0 Å². The lowest BCUT2D eigenvalue weighted by molar-refractivity contribution is 0.380. The molecule has 0 spiro atoms. The number of hydrogen-bond donors (Lipinski definition) is 1. The topological polar surface area (TPSA) is 70.6 Å². The van der Waals surface area contributed by atoms with Gasteiger partial charge in [-0.3, -0.25) is 0 Å². The molecule has 0 aliphatic carbocycles. The molecule has 0 bridgehead atoms. The highest BCUT2D eigenvalue weighted by molar-refractivity contribution is 14.0. The Labute approximate surface area is 174 Å². The molecular weight excluding hydrogens is 467 g/mol. The molecule has 0 saturated carbocycles. The van der Waals surface area contributed by atoms with Crippen LogP contribution < -0.4 is 10.6 Å². The summed E-state index contributed by atoms with van der Waals surface area (Å²) >= 11 is 3.34. The summed E-state index contributed by atoms with van der Waals surface area (Å²) in [5.74, 6) is 0.612. The summed E-state index contributed by atoms with van der Waals surface area (Å²) in [5.41, 5.74) is 7.37. The molecular formula is C16H25IN6S2. The van der Waals surface area contributed by atoms with Gasteiger partial charge in [0.2, 0.25) is 0 Å². The van der Waals surface area contributed by atoms with Crippen molar-refractivity contribution < 1.29 is 0 Å². The molecule has 3 heterocycles. The van der Waals surface area contributed by atoms with E-state index in [1.54, 1.807) is 22.7 Å². The summed E-state index contributed by atoms with van der Waals surface area (Å²) in [6, 6.07) is 0. The molecule has 0 aromatic carbocycles. The minimum Gasteiger partial charge on any atom is -0.370 e.